The van der Waals surface area contributed by atoms with Crippen molar-refractivity contribution in [1.29, 1.82) is 0 Å². The molecule has 2 aromatic rings. The molecule has 0 bridgehead atoms. The Bertz CT molecular complexity index is 554. The number of ether oxygens (including phenoxy) is 1. The van der Waals surface area contributed by atoms with Gasteiger partial charge in [-0.1, -0.05) is 12.1 Å². The predicted molar refractivity (Wildman–Crippen MR) is 70.2 cm³/mol. The van der Waals surface area contributed by atoms with Crippen LogP contribution in [0.5, 0.6) is 5.75 Å². The third kappa shape index (κ3) is 2.84. The van der Waals surface area contributed by atoms with Crippen molar-refractivity contribution >= 4 is 22.6 Å². The number of benzene rings is 1. The Hall–Kier alpha value is -1.95. The molecule has 0 fully saturated rings. The molecule has 1 heterocycles. The lowest BCUT2D eigenvalue weighted by Gasteiger charge is -2.08. The number of hydrogen-bond donors (Lipinski definition) is 1. The summed E-state index contributed by atoms with van der Waals surface area (Å²) in [6.07, 6.45) is 0. The summed E-state index contributed by atoms with van der Waals surface area (Å²) in [5.41, 5.74) is 0.493. The fourth-order valence-electron chi connectivity index (χ4n) is 1.45. The molecule has 18 heavy (non-hydrogen) atoms. The molecule has 0 aliphatic heterocycles. The molecule has 1 aromatic heterocycles. The smallest absolute Gasteiger partial charge is 0.261 e. The summed E-state index contributed by atoms with van der Waals surface area (Å²) in [5.74, 6) is 0.974. The Morgan fingerprint density at radius 1 is 1.44 bits per heavy atom. The maximum absolute atomic E-state index is 12.1. The minimum atomic E-state index is -0.241. The number of nitrogens with zero attached hydrogens (tertiary/aromatic N) is 2. The molecule has 0 atom stereocenters. The molecule has 6 heteroatoms. The number of anilines is 1. The van der Waals surface area contributed by atoms with Gasteiger partial charge in [-0.15, -0.1) is 0 Å². The van der Waals surface area contributed by atoms with Gasteiger partial charge in [0.25, 0.3) is 5.91 Å². The van der Waals surface area contributed by atoms with Crippen LogP contribution in [0.3, 0.4) is 0 Å². The van der Waals surface area contributed by atoms with Gasteiger partial charge in [0.15, 0.2) is 0 Å². The van der Waals surface area contributed by atoms with Crippen LogP contribution >= 0.6 is 11.5 Å². The minimum absolute atomic E-state index is 0.241. The zero-order valence-electron chi connectivity index (χ0n) is 10.1. The van der Waals surface area contributed by atoms with E-state index in [0.29, 0.717) is 28.9 Å². The first kappa shape index (κ1) is 12.5. The second-order valence-electron chi connectivity index (χ2n) is 3.53. The van der Waals surface area contributed by atoms with Crippen LogP contribution in [0.1, 0.15) is 23.1 Å². The lowest BCUT2D eigenvalue weighted by Crippen LogP contribution is -2.13. The van der Waals surface area contributed by atoms with E-state index in [0.717, 1.165) is 11.5 Å². The Balaban J connectivity index is 2.18. The van der Waals surface area contributed by atoms with E-state index in [-0.39, 0.29) is 5.91 Å². The highest BCUT2D eigenvalue weighted by Crippen LogP contribution is 2.20. The molecule has 0 aliphatic rings. The van der Waals surface area contributed by atoms with Crippen molar-refractivity contribution in [1.82, 2.24) is 9.36 Å². The average Bonchev–Trinajstić information content (AvgIpc) is 2.76. The van der Waals surface area contributed by atoms with Crippen LogP contribution in [0, 0.1) is 6.92 Å². The van der Waals surface area contributed by atoms with Gasteiger partial charge in [-0.05, 0) is 26.0 Å². The molecular weight excluding hydrogens is 250 g/mol. The van der Waals surface area contributed by atoms with Crippen LogP contribution in [0.25, 0.3) is 0 Å². The van der Waals surface area contributed by atoms with Gasteiger partial charge in [0.05, 0.1) is 12.2 Å². The summed E-state index contributed by atoms with van der Waals surface area (Å²) in [6.45, 7) is 4.17. The van der Waals surface area contributed by atoms with Crippen molar-refractivity contribution in [2.24, 2.45) is 0 Å². The summed E-state index contributed by atoms with van der Waals surface area (Å²) in [6, 6.07) is 7.11. The summed E-state index contributed by atoms with van der Waals surface area (Å²) >= 11 is 1.16. The van der Waals surface area contributed by atoms with Gasteiger partial charge in [0.1, 0.15) is 11.6 Å². The number of amides is 1. The van der Waals surface area contributed by atoms with E-state index in [2.05, 4.69) is 14.7 Å². The van der Waals surface area contributed by atoms with Crippen LogP contribution < -0.4 is 10.1 Å². The molecule has 94 valence electrons. The van der Waals surface area contributed by atoms with Crippen LogP contribution in [0.15, 0.2) is 24.3 Å². The first-order valence-corrected chi connectivity index (χ1v) is 6.31. The highest BCUT2D eigenvalue weighted by atomic mass is 32.1. The maximum Gasteiger partial charge on any atom is 0.261 e. The molecule has 1 N–H and O–H groups in total. The first-order valence-electron chi connectivity index (χ1n) is 5.54. The molecule has 0 saturated carbocycles. The van der Waals surface area contributed by atoms with Crippen molar-refractivity contribution in [3.63, 3.8) is 0 Å². The number of aromatic nitrogens is 2. The zero-order valence-corrected chi connectivity index (χ0v) is 11.0. The number of carbonyl (C=O) groups is 1. The Morgan fingerprint density at radius 3 is 2.89 bits per heavy atom. The lowest BCUT2D eigenvalue weighted by atomic mass is 10.2. The third-order valence-electron chi connectivity index (χ3n) is 2.18. The second kappa shape index (κ2) is 5.59. The number of carbonyl (C=O) groups excluding carboxylic acids is 1. The van der Waals surface area contributed by atoms with E-state index in [9.17, 15) is 4.79 Å². The molecule has 0 spiro atoms. The number of aryl methyl sites for hydroxylation is 1. The predicted octanol–water partition coefficient (Wildman–Crippen LogP) is 2.50. The minimum Gasteiger partial charge on any atom is -0.493 e. The normalized spacial score (nSPS) is 10.1. The van der Waals surface area contributed by atoms with Crippen molar-refractivity contribution < 1.29 is 9.53 Å². The SMILES string of the molecule is CCOc1ccccc1C(=O)Nc1nc(C)ns1. The standard InChI is InChI=1S/C12H13N3O2S/c1-3-17-10-7-5-4-6-9(10)11(16)14-12-13-8(2)15-18-12/h4-7H,3H2,1-2H3,(H,13,14,15,16). The number of rotatable bonds is 4. The van der Waals surface area contributed by atoms with Gasteiger partial charge in [-0.2, -0.15) is 4.37 Å². The van der Waals surface area contributed by atoms with E-state index in [1.165, 1.54) is 0 Å². The largest absolute Gasteiger partial charge is 0.493 e. The zero-order chi connectivity index (χ0) is 13.0. The average molecular weight is 263 g/mol. The summed E-state index contributed by atoms with van der Waals surface area (Å²) in [4.78, 5) is 16.2. The van der Waals surface area contributed by atoms with Gasteiger partial charge < -0.3 is 4.74 Å². The van der Waals surface area contributed by atoms with Crippen LogP contribution in [0.2, 0.25) is 0 Å². The molecule has 5 nitrogen and oxygen atoms in total. The van der Waals surface area contributed by atoms with E-state index < -0.39 is 0 Å². The monoisotopic (exact) mass is 263 g/mol. The molecule has 0 unspecified atom stereocenters. The quantitative estimate of drug-likeness (QED) is 0.920. The molecule has 1 aromatic carbocycles. The van der Waals surface area contributed by atoms with Crippen LogP contribution in [0.4, 0.5) is 5.13 Å². The summed E-state index contributed by atoms with van der Waals surface area (Å²) in [7, 11) is 0. The van der Waals surface area contributed by atoms with Crippen molar-refractivity contribution in [2.75, 3.05) is 11.9 Å². The summed E-state index contributed by atoms with van der Waals surface area (Å²) in [5, 5.41) is 3.19. The fraction of sp³-hybridized carbons (Fsp3) is 0.250. The fourth-order valence-corrected chi connectivity index (χ4v) is 2.02. The van der Waals surface area contributed by atoms with Gasteiger partial charge in [0, 0.05) is 11.5 Å². The van der Waals surface area contributed by atoms with Gasteiger partial charge in [-0.25, -0.2) is 4.98 Å². The highest BCUT2D eigenvalue weighted by molar-refractivity contribution is 7.09. The van der Waals surface area contributed by atoms with Crippen molar-refractivity contribution in [3.05, 3.63) is 35.7 Å². The van der Waals surface area contributed by atoms with Gasteiger partial charge in [-0.3, -0.25) is 10.1 Å². The lowest BCUT2D eigenvalue weighted by molar-refractivity contribution is 0.102. The van der Waals surface area contributed by atoms with E-state index in [1.807, 2.05) is 13.0 Å². The van der Waals surface area contributed by atoms with Gasteiger partial charge in [0.2, 0.25) is 5.13 Å². The molecular formula is C12H13N3O2S. The van der Waals surface area contributed by atoms with E-state index in [4.69, 9.17) is 4.74 Å². The van der Waals surface area contributed by atoms with Crippen LogP contribution in [-0.4, -0.2) is 21.9 Å². The Kier molecular flexibility index (Phi) is 3.88. The Morgan fingerprint density at radius 2 is 2.22 bits per heavy atom. The third-order valence-corrected chi connectivity index (χ3v) is 2.90. The van der Waals surface area contributed by atoms with E-state index >= 15 is 0 Å². The molecule has 1 amide bonds. The number of para-hydroxylation sites is 1. The number of nitrogens with one attached hydrogen (secondary N) is 1. The van der Waals surface area contributed by atoms with E-state index in [1.54, 1.807) is 25.1 Å². The topological polar surface area (TPSA) is 64.1 Å². The van der Waals surface area contributed by atoms with Crippen LogP contribution in [-0.2, 0) is 0 Å². The van der Waals surface area contributed by atoms with Crippen molar-refractivity contribution in [2.45, 2.75) is 13.8 Å². The van der Waals surface area contributed by atoms with Gasteiger partial charge >= 0.3 is 0 Å². The second-order valence-corrected chi connectivity index (χ2v) is 4.28. The maximum atomic E-state index is 12.1. The Labute approximate surface area is 109 Å². The summed E-state index contributed by atoms with van der Waals surface area (Å²) < 4.78 is 9.41. The first-order chi connectivity index (χ1) is 8.70. The number of hydrogen-bond acceptors (Lipinski definition) is 5. The molecule has 0 radical (unpaired) electrons. The molecule has 0 aliphatic carbocycles. The highest BCUT2D eigenvalue weighted by Gasteiger charge is 2.13. The molecule has 0 saturated heterocycles. The van der Waals surface area contributed by atoms with Crippen molar-refractivity contribution in [3.8, 4) is 5.75 Å². The molecule has 2 rings (SSSR count).